The highest BCUT2D eigenvalue weighted by molar-refractivity contribution is 6.01. The summed E-state index contributed by atoms with van der Waals surface area (Å²) >= 11 is 0. The summed E-state index contributed by atoms with van der Waals surface area (Å²) in [6.07, 6.45) is 3.38. The van der Waals surface area contributed by atoms with Gasteiger partial charge in [0.05, 0.1) is 0 Å². The molecule has 0 bridgehead atoms. The predicted octanol–water partition coefficient (Wildman–Crippen LogP) is 3.05. The number of allylic oxidation sites excluding steroid dienone is 2. The van der Waals surface area contributed by atoms with E-state index < -0.39 is 0 Å². The van der Waals surface area contributed by atoms with Crippen molar-refractivity contribution in [3.63, 3.8) is 0 Å². The molecule has 0 unspecified atom stereocenters. The van der Waals surface area contributed by atoms with E-state index in [-0.39, 0.29) is 5.78 Å². The standard InChI is InChI=1S/C13H14O/c1-9-3-6-13(10(2)7-9)11-4-5-12(14)8-11/h3,6-8H,4-5H2,1-2H3. The van der Waals surface area contributed by atoms with Gasteiger partial charge in [-0.25, -0.2) is 0 Å². The Balaban J connectivity index is 2.42. The van der Waals surface area contributed by atoms with Gasteiger partial charge in [0, 0.05) is 6.42 Å². The van der Waals surface area contributed by atoms with Crippen LogP contribution >= 0.6 is 0 Å². The number of benzene rings is 1. The molecule has 0 saturated carbocycles. The molecule has 0 atom stereocenters. The number of hydrogen-bond donors (Lipinski definition) is 0. The number of aryl methyl sites for hydroxylation is 2. The number of carbonyl (C=O) groups excluding carboxylic acids is 1. The lowest BCUT2D eigenvalue weighted by Crippen LogP contribution is -1.87. The zero-order valence-electron chi connectivity index (χ0n) is 8.63. The maximum absolute atomic E-state index is 11.1. The van der Waals surface area contributed by atoms with Crippen LogP contribution in [-0.4, -0.2) is 5.78 Å². The molecule has 1 heteroatoms. The molecule has 0 saturated heterocycles. The summed E-state index contributed by atoms with van der Waals surface area (Å²) in [6, 6.07) is 6.39. The van der Waals surface area contributed by atoms with Crippen LogP contribution in [-0.2, 0) is 4.79 Å². The maximum Gasteiger partial charge on any atom is 0.156 e. The van der Waals surface area contributed by atoms with Crippen LogP contribution in [0.2, 0.25) is 0 Å². The first-order valence-electron chi connectivity index (χ1n) is 4.98. The van der Waals surface area contributed by atoms with Crippen LogP contribution in [0.25, 0.3) is 5.57 Å². The van der Waals surface area contributed by atoms with Gasteiger partial charge in [-0.15, -0.1) is 0 Å². The zero-order valence-corrected chi connectivity index (χ0v) is 8.63. The largest absolute Gasteiger partial charge is 0.295 e. The zero-order chi connectivity index (χ0) is 10.1. The van der Waals surface area contributed by atoms with Crippen LogP contribution in [0.15, 0.2) is 24.3 Å². The van der Waals surface area contributed by atoms with E-state index in [1.165, 1.54) is 22.3 Å². The van der Waals surface area contributed by atoms with E-state index in [1.807, 2.05) is 0 Å². The fourth-order valence-corrected chi connectivity index (χ4v) is 1.98. The van der Waals surface area contributed by atoms with Gasteiger partial charge in [0.15, 0.2) is 5.78 Å². The Kier molecular flexibility index (Phi) is 2.24. The van der Waals surface area contributed by atoms with E-state index in [9.17, 15) is 4.79 Å². The van der Waals surface area contributed by atoms with E-state index in [4.69, 9.17) is 0 Å². The molecule has 0 N–H and O–H groups in total. The van der Waals surface area contributed by atoms with Crippen molar-refractivity contribution < 1.29 is 4.79 Å². The van der Waals surface area contributed by atoms with Crippen LogP contribution in [0, 0.1) is 13.8 Å². The lowest BCUT2D eigenvalue weighted by molar-refractivity contribution is -0.114. The number of rotatable bonds is 1. The van der Waals surface area contributed by atoms with E-state index in [2.05, 4.69) is 32.0 Å². The van der Waals surface area contributed by atoms with Crippen molar-refractivity contribution in [1.82, 2.24) is 0 Å². The monoisotopic (exact) mass is 186 g/mol. The van der Waals surface area contributed by atoms with E-state index in [0.29, 0.717) is 6.42 Å². The molecule has 0 amide bonds. The molecule has 0 radical (unpaired) electrons. The quantitative estimate of drug-likeness (QED) is 0.658. The molecule has 1 aromatic rings. The summed E-state index contributed by atoms with van der Waals surface area (Å²) in [5.41, 5.74) is 4.98. The summed E-state index contributed by atoms with van der Waals surface area (Å²) < 4.78 is 0. The molecule has 1 nitrogen and oxygen atoms in total. The smallest absolute Gasteiger partial charge is 0.156 e. The van der Waals surface area contributed by atoms with E-state index in [0.717, 1.165) is 6.42 Å². The maximum atomic E-state index is 11.1. The van der Waals surface area contributed by atoms with E-state index >= 15 is 0 Å². The average molecular weight is 186 g/mol. The van der Waals surface area contributed by atoms with Crippen molar-refractivity contribution in [2.24, 2.45) is 0 Å². The minimum Gasteiger partial charge on any atom is -0.295 e. The van der Waals surface area contributed by atoms with Gasteiger partial charge in [0.25, 0.3) is 0 Å². The van der Waals surface area contributed by atoms with Crippen LogP contribution in [0.1, 0.15) is 29.5 Å². The predicted molar refractivity (Wildman–Crippen MR) is 58.1 cm³/mol. The van der Waals surface area contributed by atoms with Gasteiger partial charge >= 0.3 is 0 Å². The Labute approximate surface area is 84.5 Å². The molecule has 1 aliphatic rings. The van der Waals surface area contributed by atoms with Gasteiger partial charge < -0.3 is 0 Å². The Morgan fingerprint density at radius 1 is 1.14 bits per heavy atom. The van der Waals surface area contributed by atoms with Crippen LogP contribution in [0.4, 0.5) is 0 Å². The third-order valence-electron chi connectivity index (χ3n) is 2.70. The summed E-state index contributed by atoms with van der Waals surface area (Å²) in [7, 11) is 0. The molecule has 2 rings (SSSR count). The summed E-state index contributed by atoms with van der Waals surface area (Å²) in [5.74, 6) is 0.264. The van der Waals surface area contributed by atoms with Crippen molar-refractivity contribution >= 4 is 11.4 Å². The Bertz CT molecular complexity index is 413. The average Bonchev–Trinajstić information content (AvgIpc) is 2.51. The van der Waals surface area contributed by atoms with Crippen LogP contribution < -0.4 is 0 Å². The third-order valence-corrected chi connectivity index (χ3v) is 2.70. The van der Waals surface area contributed by atoms with Crippen molar-refractivity contribution in [2.75, 3.05) is 0 Å². The first kappa shape index (κ1) is 9.20. The normalized spacial score (nSPS) is 15.9. The fraction of sp³-hybridized carbons (Fsp3) is 0.308. The van der Waals surface area contributed by atoms with Gasteiger partial charge in [-0.2, -0.15) is 0 Å². The van der Waals surface area contributed by atoms with Gasteiger partial charge in [0.2, 0.25) is 0 Å². The lowest BCUT2D eigenvalue weighted by atomic mass is 9.98. The molecular formula is C13H14O. The lowest BCUT2D eigenvalue weighted by Gasteiger charge is -2.06. The molecule has 72 valence electrons. The highest BCUT2D eigenvalue weighted by Crippen LogP contribution is 2.28. The molecule has 0 aliphatic heterocycles. The fourth-order valence-electron chi connectivity index (χ4n) is 1.98. The van der Waals surface area contributed by atoms with Gasteiger partial charge in [0.1, 0.15) is 0 Å². The second kappa shape index (κ2) is 3.41. The van der Waals surface area contributed by atoms with Gasteiger partial charge in [-0.1, -0.05) is 23.8 Å². The van der Waals surface area contributed by atoms with Gasteiger partial charge in [-0.05, 0) is 43.0 Å². The molecule has 1 aromatic carbocycles. The molecule has 0 fully saturated rings. The summed E-state index contributed by atoms with van der Waals surface area (Å²) in [5, 5.41) is 0. The van der Waals surface area contributed by atoms with Crippen molar-refractivity contribution in [1.29, 1.82) is 0 Å². The highest BCUT2D eigenvalue weighted by atomic mass is 16.1. The number of hydrogen-bond acceptors (Lipinski definition) is 1. The molecule has 0 heterocycles. The molecule has 0 aromatic heterocycles. The van der Waals surface area contributed by atoms with Crippen LogP contribution in [0.5, 0.6) is 0 Å². The van der Waals surface area contributed by atoms with Crippen molar-refractivity contribution in [3.8, 4) is 0 Å². The SMILES string of the molecule is Cc1ccc(C2=CC(=O)CC2)c(C)c1. The van der Waals surface area contributed by atoms with Gasteiger partial charge in [-0.3, -0.25) is 4.79 Å². The number of ketones is 1. The van der Waals surface area contributed by atoms with Crippen LogP contribution in [0.3, 0.4) is 0 Å². The number of carbonyl (C=O) groups is 1. The Hall–Kier alpha value is -1.37. The van der Waals surface area contributed by atoms with E-state index in [1.54, 1.807) is 6.08 Å². The second-order valence-electron chi connectivity index (χ2n) is 3.95. The molecule has 14 heavy (non-hydrogen) atoms. The highest BCUT2D eigenvalue weighted by Gasteiger charge is 2.14. The first-order chi connectivity index (χ1) is 6.66. The van der Waals surface area contributed by atoms with Crippen molar-refractivity contribution in [2.45, 2.75) is 26.7 Å². The minimum atomic E-state index is 0.264. The minimum absolute atomic E-state index is 0.264. The molecule has 0 spiro atoms. The molecule has 1 aliphatic carbocycles. The summed E-state index contributed by atoms with van der Waals surface area (Å²) in [6.45, 7) is 4.19. The van der Waals surface area contributed by atoms with Crippen molar-refractivity contribution in [3.05, 3.63) is 41.0 Å². The Morgan fingerprint density at radius 2 is 1.93 bits per heavy atom. The summed E-state index contributed by atoms with van der Waals surface area (Å²) in [4.78, 5) is 11.1. The topological polar surface area (TPSA) is 17.1 Å². The second-order valence-corrected chi connectivity index (χ2v) is 3.95. The Morgan fingerprint density at radius 3 is 2.50 bits per heavy atom. The third kappa shape index (κ3) is 1.63. The molecular weight excluding hydrogens is 172 g/mol. The first-order valence-corrected chi connectivity index (χ1v) is 4.98.